The van der Waals surface area contributed by atoms with Gasteiger partial charge in [0, 0.05) is 18.3 Å². The maximum Gasteiger partial charge on any atom is 0.345 e. The Labute approximate surface area is 162 Å². The van der Waals surface area contributed by atoms with E-state index in [0.717, 1.165) is 4.31 Å². The highest BCUT2D eigenvalue weighted by Gasteiger charge is 2.30. The quantitative estimate of drug-likeness (QED) is 0.850. The van der Waals surface area contributed by atoms with Gasteiger partial charge in [0.1, 0.15) is 17.3 Å². The summed E-state index contributed by atoms with van der Waals surface area (Å²) < 4.78 is 48.0. The first-order chi connectivity index (χ1) is 13.2. The lowest BCUT2D eigenvalue weighted by Gasteiger charge is -2.23. The molecule has 0 radical (unpaired) electrons. The second-order valence-electron chi connectivity index (χ2n) is 6.10. The van der Waals surface area contributed by atoms with Gasteiger partial charge in [-0.2, -0.15) is 8.42 Å². The summed E-state index contributed by atoms with van der Waals surface area (Å²) in [5, 5.41) is 2.58. The zero-order chi connectivity index (χ0) is 20.5. The highest BCUT2D eigenvalue weighted by atomic mass is 32.2. The molecule has 1 aliphatic rings. The predicted octanol–water partition coefficient (Wildman–Crippen LogP) is 2.64. The van der Waals surface area contributed by atoms with Crippen LogP contribution in [-0.2, 0) is 15.0 Å². The van der Waals surface area contributed by atoms with Gasteiger partial charge in [-0.05, 0) is 48.9 Å². The first-order valence-electron chi connectivity index (χ1n) is 8.24. The van der Waals surface area contributed by atoms with Gasteiger partial charge in [0.25, 0.3) is 5.91 Å². The molecule has 7 nitrogen and oxygen atoms in total. The number of halogens is 1. The molecule has 1 aliphatic heterocycles. The molecule has 1 amide bonds. The van der Waals surface area contributed by atoms with Crippen molar-refractivity contribution in [2.45, 2.75) is 6.92 Å². The molecule has 1 heterocycles. The van der Waals surface area contributed by atoms with Crippen LogP contribution in [0.2, 0.25) is 0 Å². The first kappa shape index (κ1) is 19.6. The third-order valence-corrected chi connectivity index (χ3v) is 5.50. The number of allylic oxidation sites excluding steroid dienone is 1. The fourth-order valence-electron chi connectivity index (χ4n) is 2.60. The monoisotopic (exact) mass is 403 g/mol. The maximum atomic E-state index is 13.4. The second kappa shape index (κ2) is 7.43. The number of amides is 1. The molecule has 9 heteroatoms. The number of carbonyl (C=O) groups is 1. The predicted molar refractivity (Wildman–Crippen MR) is 104 cm³/mol. The molecule has 146 valence electrons. The van der Waals surface area contributed by atoms with Crippen LogP contribution in [0.25, 0.3) is 0 Å². The van der Waals surface area contributed by atoms with E-state index in [1.54, 1.807) is 31.2 Å². The van der Waals surface area contributed by atoms with E-state index in [1.165, 1.54) is 38.4 Å². The molecule has 3 rings (SSSR count). The lowest BCUT2D eigenvalue weighted by Crippen LogP contribution is -2.35. The van der Waals surface area contributed by atoms with Crippen LogP contribution in [0, 0.1) is 12.7 Å². The standard InChI is InChI=1S/C19H18FN3O4S/c1-12-9-14(7-8-16(12)20)21-19(24)18-11-17(22-28(25,26)23(18)2)13-5-4-6-15(10-13)27-3/h4-11H,1-3H3,(H,21,24). The van der Waals surface area contributed by atoms with Gasteiger partial charge in [0.05, 0.1) is 12.8 Å². The number of carbonyl (C=O) groups excluding carboxylic acids is 1. The Morgan fingerprint density at radius 1 is 1.21 bits per heavy atom. The van der Waals surface area contributed by atoms with E-state index in [2.05, 4.69) is 9.71 Å². The molecule has 0 bridgehead atoms. The van der Waals surface area contributed by atoms with Crippen LogP contribution in [-0.4, -0.2) is 38.5 Å². The maximum absolute atomic E-state index is 13.4. The molecule has 0 spiro atoms. The summed E-state index contributed by atoms with van der Waals surface area (Å²) >= 11 is 0. The number of ether oxygens (including phenoxy) is 1. The molecular weight excluding hydrogens is 385 g/mol. The SMILES string of the molecule is COc1cccc(C2=NS(=O)(=O)N(C)C(C(=O)Nc3ccc(F)c(C)c3)=C2)c1. The average molecular weight is 403 g/mol. The van der Waals surface area contributed by atoms with Gasteiger partial charge >= 0.3 is 10.2 Å². The second-order valence-corrected chi connectivity index (χ2v) is 7.73. The van der Waals surface area contributed by atoms with Gasteiger partial charge in [0.2, 0.25) is 0 Å². The van der Waals surface area contributed by atoms with E-state index < -0.39 is 21.9 Å². The van der Waals surface area contributed by atoms with Crippen molar-refractivity contribution in [3.8, 4) is 5.75 Å². The zero-order valence-electron chi connectivity index (χ0n) is 15.4. The van der Waals surface area contributed by atoms with Crippen LogP contribution in [0.1, 0.15) is 11.1 Å². The van der Waals surface area contributed by atoms with Crippen LogP contribution in [0.15, 0.2) is 58.6 Å². The summed E-state index contributed by atoms with van der Waals surface area (Å²) in [6.07, 6.45) is 1.38. The number of methoxy groups -OCH3 is 1. The number of anilines is 1. The molecule has 0 aromatic heterocycles. The number of hydrogen-bond donors (Lipinski definition) is 1. The van der Waals surface area contributed by atoms with Crippen LogP contribution >= 0.6 is 0 Å². The Morgan fingerprint density at radius 3 is 2.64 bits per heavy atom. The van der Waals surface area contributed by atoms with E-state index in [-0.39, 0.29) is 11.4 Å². The zero-order valence-corrected chi connectivity index (χ0v) is 16.2. The molecule has 28 heavy (non-hydrogen) atoms. The molecule has 0 unspecified atom stereocenters. The fourth-order valence-corrected chi connectivity index (χ4v) is 3.51. The highest BCUT2D eigenvalue weighted by molar-refractivity contribution is 7.88. The van der Waals surface area contributed by atoms with Crippen LogP contribution in [0.5, 0.6) is 5.75 Å². The average Bonchev–Trinajstić information content (AvgIpc) is 2.66. The molecule has 0 saturated carbocycles. The van der Waals surface area contributed by atoms with Crippen molar-refractivity contribution in [1.82, 2.24) is 4.31 Å². The van der Waals surface area contributed by atoms with Crippen LogP contribution in [0.3, 0.4) is 0 Å². The summed E-state index contributed by atoms with van der Waals surface area (Å²) in [4.78, 5) is 12.7. The molecule has 0 aliphatic carbocycles. The third-order valence-electron chi connectivity index (χ3n) is 4.19. The van der Waals surface area contributed by atoms with Crippen LogP contribution in [0.4, 0.5) is 10.1 Å². The number of likely N-dealkylation sites (N-methyl/N-ethyl adjacent to an activating group) is 1. The summed E-state index contributed by atoms with van der Waals surface area (Å²) in [6, 6.07) is 10.8. The van der Waals surface area contributed by atoms with Gasteiger partial charge in [-0.3, -0.25) is 4.79 Å². The van der Waals surface area contributed by atoms with Crippen molar-refractivity contribution in [3.05, 3.63) is 71.2 Å². The largest absolute Gasteiger partial charge is 0.497 e. The lowest BCUT2D eigenvalue weighted by molar-refractivity contribution is -0.113. The summed E-state index contributed by atoms with van der Waals surface area (Å²) in [5.74, 6) is -0.535. The minimum Gasteiger partial charge on any atom is -0.497 e. The summed E-state index contributed by atoms with van der Waals surface area (Å²) in [7, 11) is -1.36. The van der Waals surface area contributed by atoms with Crippen LogP contribution < -0.4 is 10.1 Å². The first-order valence-corrected chi connectivity index (χ1v) is 9.63. The van der Waals surface area contributed by atoms with E-state index >= 15 is 0 Å². The topological polar surface area (TPSA) is 88.1 Å². The number of nitrogens with one attached hydrogen (secondary N) is 1. The summed E-state index contributed by atoms with van der Waals surface area (Å²) in [6.45, 7) is 1.56. The lowest BCUT2D eigenvalue weighted by atomic mass is 10.1. The van der Waals surface area contributed by atoms with Crippen molar-refractivity contribution >= 4 is 27.5 Å². The van der Waals surface area contributed by atoms with Crippen molar-refractivity contribution < 1.29 is 22.3 Å². The molecule has 0 saturated heterocycles. The normalized spacial score (nSPS) is 15.5. The molecule has 2 aromatic rings. The van der Waals surface area contributed by atoms with Gasteiger partial charge in [-0.15, -0.1) is 4.40 Å². The number of nitrogens with zero attached hydrogens (tertiary/aromatic N) is 2. The highest BCUT2D eigenvalue weighted by Crippen LogP contribution is 2.23. The van der Waals surface area contributed by atoms with Crippen molar-refractivity contribution in [2.24, 2.45) is 4.40 Å². The van der Waals surface area contributed by atoms with Crippen molar-refractivity contribution in [1.29, 1.82) is 0 Å². The van der Waals surface area contributed by atoms with Gasteiger partial charge in [0.15, 0.2) is 0 Å². The number of rotatable bonds is 4. The van der Waals surface area contributed by atoms with Crippen molar-refractivity contribution in [3.63, 3.8) is 0 Å². The number of aryl methyl sites for hydroxylation is 1. The Bertz CT molecular complexity index is 1110. The number of hydrogen-bond acceptors (Lipinski definition) is 4. The Kier molecular flexibility index (Phi) is 5.19. The summed E-state index contributed by atoms with van der Waals surface area (Å²) in [5.41, 5.74) is 1.18. The fraction of sp³-hybridized carbons (Fsp3) is 0.158. The minimum atomic E-state index is -4.09. The number of benzene rings is 2. The molecule has 1 N–H and O–H groups in total. The van der Waals surface area contributed by atoms with E-state index in [9.17, 15) is 17.6 Å². The van der Waals surface area contributed by atoms with Gasteiger partial charge in [-0.25, -0.2) is 8.70 Å². The van der Waals surface area contributed by atoms with E-state index in [4.69, 9.17) is 4.74 Å². The van der Waals surface area contributed by atoms with Gasteiger partial charge in [-0.1, -0.05) is 12.1 Å². The van der Waals surface area contributed by atoms with Crippen molar-refractivity contribution in [2.75, 3.05) is 19.5 Å². The minimum absolute atomic E-state index is 0.109. The molecule has 2 aromatic carbocycles. The van der Waals surface area contributed by atoms with Gasteiger partial charge < -0.3 is 10.1 Å². The molecule has 0 fully saturated rings. The van der Waals surface area contributed by atoms with E-state index in [0.29, 0.717) is 22.6 Å². The van der Waals surface area contributed by atoms with E-state index in [1.807, 2.05) is 0 Å². The third kappa shape index (κ3) is 3.89. The Morgan fingerprint density at radius 2 is 1.96 bits per heavy atom. The molecule has 0 atom stereocenters. The Balaban J connectivity index is 1.98. The smallest absolute Gasteiger partial charge is 0.345 e. The Hall–Kier alpha value is -3.20. The molecular formula is C19H18FN3O4S.